The van der Waals surface area contributed by atoms with Crippen LogP contribution in [0.3, 0.4) is 0 Å². The van der Waals surface area contributed by atoms with Crippen LogP contribution in [0.15, 0.2) is 71.6 Å². The highest BCUT2D eigenvalue weighted by Crippen LogP contribution is 2.37. The summed E-state index contributed by atoms with van der Waals surface area (Å²) in [6.07, 6.45) is -0.119. The largest absolute Gasteiger partial charge is 0.494 e. The maximum Gasteiger partial charge on any atom is 0.267 e. The van der Waals surface area contributed by atoms with Gasteiger partial charge in [-0.25, -0.2) is 16.8 Å². The number of ether oxygens (including phenoxy) is 2. The van der Waals surface area contributed by atoms with E-state index in [0.29, 0.717) is 28.8 Å². The van der Waals surface area contributed by atoms with E-state index in [1.54, 1.807) is 24.3 Å². The number of anilines is 3. The van der Waals surface area contributed by atoms with Gasteiger partial charge in [-0.15, -0.1) is 0 Å². The first-order valence-electron chi connectivity index (χ1n) is 11.1. The lowest BCUT2D eigenvalue weighted by atomic mass is 10.2. The van der Waals surface area contributed by atoms with E-state index in [9.17, 15) is 21.6 Å². The minimum absolute atomic E-state index is 0.0117. The average molecular weight is 566 g/mol. The molecule has 0 bridgehead atoms. The SMILES string of the molecule is CCOc1ccc(NS(=O)(=O)c2ccc(NC(=O)[C@H]3CN(S(C)(=O)=O)c4cc(Cl)ccc4O3)cc2)cc1. The molecule has 196 valence electrons. The number of fused-ring (bicyclic) bond motifs is 1. The van der Waals surface area contributed by atoms with Crippen LogP contribution in [-0.2, 0) is 24.8 Å². The van der Waals surface area contributed by atoms with Crippen LogP contribution in [0.4, 0.5) is 17.1 Å². The Morgan fingerprint density at radius 2 is 1.68 bits per heavy atom. The van der Waals surface area contributed by atoms with E-state index >= 15 is 0 Å². The molecule has 1 heterocycles. The summed E-state index contributed by atoms with van der Waals surface area (Å²) in [5.41, 5.74) is 0.919. The summed E-state index contributed by atoms with van der Waals surface area (Å²) in [6.45, 7) is 2.10. The van der Waals surface area contributed by atoms with Crippen LogP contribution in [-0.4, -0.2) is 48.3 Å². The second kappa shape index (κ2) is 10.5. The van der Waals surface area contributed by atoms with Crippen LogP contribution in [0.1, 0.15) is 6.92 Å². The number of hydrogen-bond donors (Lipinski definition) is 2. The van der Waals surface area contributed by atoms with Crippen molar-refractivity contribution in [1.29, 1.82) is 0 Å². The van der Waals surface area contributed by atoms with E-state index in [-0.39, 0.29) is 22.9 Å². The van der Waals surface area contributed by atoms with E-state index in [1.165, 1.54) is 42.5 Å². The fourth-order valence-electron chi connectivity index (χ4n) is 3.62. The highest BCUT2D eigenvalue weighted by atomic mass is 35.5. The summed E-state index contributed by atoms with van der Waals surface area (Å²) >= 11 is 6.00. The molecule has 3 aromatic rings. The molecule has 0 saturated heterocycles. The third-order valence-corrected chi connectivity index (χ3v) is 8.11. The van der Waals surface area contributed by atoms with Crippen molar-refractivity contribution >= 4 is 54.6 Å². The number of carbonyl (C=O) groups is 1. The number of halogens is 1. The topological polar surface area (TPSA) is 131 Å². The number of nitrogens with one attached hydrogen (secondary N) is 2. The zero-order chi connectivity index (χ0) is 26.8. The van der Waals surface area contributed by atoms with Gasteiger partial charge in [0.25, 0.3) is 15.9 Å². The zero-order valence-corrected chi connectivity index (χ0v) is 22.2. The fourth-order valence-corrected chi connectivity index (χ4v) is 5.75. The smallest absolute Gasteiger partial charge is 0.267 e. The van der Waals surface area contributed by atoms with E-state index in [1.807, 2.05) is 6.92 Å². The monoisotopic (exact) mass is 565 g/mol. The molecule has 0 fully saturated rings. The Morgan fingerprint density at radius 3 is 2.30 bits per heavy atom. The molecule has 0 saturated carbocycles. The predicted molar refractivity (Wildman–Crippen MR) is 142 cm³/mol. The van der Waals surface area contributed by atoms with Gasteiger partial charge in [0, 0.05) is 16.4 Å². The summed E-state index contributed by atoms with van der Waals surface area (Å²) in [5, 5.41) is 2.96. The Hall–Kier alpha value is -3.48. The number of nitrogens with zero attached hydrogens (tertiary/aromatic N) is 1. The first kappa shape index (κ1) is 26.6. The van der Waals surface area contributed by atoms with E-state index in [2.05, 4.69) is 10.0 Å². The molecular weight excluding hydrogens is 542 g/mol. The molecule has 0 unspecified atom stereocenters. The van der Waals surface area contributed by atoms with Gasteiger partial charge >= 0.3 is 0 Å². The van der Waals surface area contributed by atoms with Crippen molar-refractivity contribution in [1.82, 2.24) is 0 Å². The highest BCUT2D eigenvalue weighted by molar-refractivity contribution is 7.92. The van der Waals surface area contributed by atoms with Crippen LogP contribution in [0.2, 0.25) is 5.02 Å². The molecule has 37 heavy (non-hydrogen) atoms. The van der Waals surface area contributed by atoms with Gasteiger partial charge in [-0.05, 0) is 73.7 Å². The van der Waals surface area contributed by atoms with Crippen molar-refractivity contribution in [2.24, 2.45) is 0 Å². The molecule has 10 nitrogen and oxygen atoms in total. The Labute approximate surface area is 220 Å². The second-order valence-electron chi connectivity index (χ2n) is 8.09. The second-order valence-corrected chi connectivity index (χ2v) is 12.1. The van der Waals surface area contributed by atoms with Crippen LogP contribution < -0.4 is 23.8 Å². The lowest BCUT2D eigenvalue weighted by Gasteiger charge is -2.34. The zero-order valence-electron chi connectivity index (χ0n) is 19.8. The predicted octanol–water partition coefficient (Wildman–Crippen LogP) is 3.71. The number of benzene rings is 3. The molecule has 0 radical (unpaired) electrons. The van der Waals surface area contributed by atoms with Gasteiger partial charge < -0.3 is 14.8 Å². The Balaban J connectivity index is 1.45. The standard InChI is InChI=1S/C24H24ClN3O7S2/c1-3-34-19-9-5-18(6-10-19)27-37(32,33)20-11-7-17(8-12-20)26-24(29)23-15-28(36(2,30)31)21-14-16(25)4-13-22(21)35-23/h4-14,23,27H,3,15H2,1-2H3,(H,26,29)/t23-/m1/s1. The third kappa shape index (κ3) is 6.27. The van der Waals surface area contributed by atoms with Gasteiger partial charge in [0.15, 0.2) is 6.10 Å². The minimum atomic E-state index is -3.88. The van der Waals surface area contributed by atoms with Crippen molar-refractivity contribution in [3.8, 4) is 11.5 Å². The van der Waals surface area contributed by atoms with Gasteiger partial charge in [-0.3, -0.25) is 13.8 Å². The molecule has 0 aromatic heterocycles. The normalized spacial score (nSPS) is 15.3. The first-order chi connectivity index (χ1) is 17.5. The molecule has 0 aliphatic carbocycles. The number of rotatable bonds is 8. The Morgan fingerprint density at radius 1 is 1.03 bits per heavy atom. The first-order valence-corrected chi connectivity index (χ1v) is 14.8. The maximum atomic E-state index is 12.9. The Kier molecular flexibility index (Phi) is 7.53. The van der Waals surface area contributed by atoms with E-state index in [4.69, 9.17) is 21.1 Å². The lowest BCUT2D eigenvalue weighted by Crippen LogP contribution is -2.48. The van der Waals surface area contributed by atoms with Gasteiger partial charge in [0.2, 0.25) is 10.0 Å². The fraction of sp³-hybridized carbons (Fsp3) is 0.208. The number of sulfonamides is 2. The number of amides is 1. The molecule has 3 aromatic carbocycles. The molecule has 13 heteroatoms. The molecule has 0 spiro atoms. The highest BCUT2D eigenvalue weighted by Gasteiger charge is 2.35. The minimum Gasteiger partial charge on any atom is -0.494 e. The summed E-state index contributed by atoms with van der Waals surface area (Å²) in [4.78, 5) is 12.9. The van der Waals surface area contributed by atoms with E-state index in [0.717, 1.165) is 10.6 Å². The van der Waals surface area contributed by atoms with Crippen LogP contribution in [0, 0.1) is 0 Å². The molecule has 1 amide bonds. The van der Waals surface area contributed by atoms with Crippen molar-refractivity contribution < 1.29 is 31.1 Å². The molecule has 1 aliphatic rings. The van der Waals surface area contributed by atoms with Gasteiger partial charge in [-0.1, -0.05) is 11.6 Å². The molecular formula is C24H24ClN3O7S2. The number of carbonyl (C=O) groups excluding carboxylic acids is 1. The maximum absolute atomic E-state index is 12.9. The summed E-state index contributed by atoms with van der Waals surface area (Å²) in [6, 6.07) is 16.5. The average Bonchev–Trinajstić information content (AvgIpc) is 2.84. The lowest BCUT2D eigenvalue weighted by molar-refractivity contribution is -0.122. The van der Waals surface area contributed by atoms with Gasteiger partial charge in [0.05, 0.1) is 30.0 Å². The summed E-state index contributed by atoms with van der Waals surface area (Å²) in [7, 11) is -7.59. The van der Waals surface area contributed by atoms with Crippen molar-refractivity contribution in [3.05, 3.63) is 71.8 Å². The van der Waals surface area contributed by atoms with Crippen LogP contribution in [0.5, 0.6) is 11.5 Å². The van der Waals surface area contributed by atoms with Crippen LogP contribution >= 0.6 is 11.6 Å². The van der Waals surface area contributed by atoms with Crippen molar-refractivity contribution in [2.45, 2.75) is 17.9 Å². The molecule has 2 N–H and O–H groups in total. The summed E-state index contributed by atoms with van der Waals surface area (Å²) < 4.78 is 64.7. The van der Waals surface area contributed by atoms with E-state index < -0.39 is 32.1 Å². The van der Waals surface area contributed by atoms with Gasteiger partial charge in [0.1, 0.15) is 11.5 Å². The van der Waals surface area contributed by atoms with Crippen molar-refractivity contribution in [2.75, 3.05) is 33.8 Å². The molecule has 1 aliphatic heterocycles. The molecule has 4 rings (SSSR count). The number of hydrogen-bond acceptors (Lipinski definition) is 7. The van der Waals surface area contributed by atoms with Crippen LogP contribution in [0.25, 0.3) is 0 Å². The Bertz CT molecular complexity index is 1510. The molecule has 1 atom stereocenters. The third-order valence-electron chi connectivity index (χ3n) is 5.33. The quantitative estimate of drug-likeness (QED) is 0.425. The van der Waals surface area contributed by atoms with Crippen molar-refractivity contribution in [3.63, 3.8) is 0 Å². The van der Waals surface area contributed by atoms with Gasteiger partial charge in [-0.2, -0.15) is 0 Å². The summed E-state index contributed by atoms with van der Waals surface area (Å²) in [5.74, 6) is 0.222.